The Hall–Kier alpha value is -3.18. The molecule has 0 heterocycles. The molecule has 0 aliphatic rings. The normalized spacial score (nSPS) is 12.9. The van der Waals surface area contributed by atoms with E-state index in [-0.39, 0.29) is 25.2 Å². The lowest BCUT2D eigenvalue weighted by molar-refractivity contribution is -0.163. The van der Waals surface area contributed by atoms with Gasteiger partial charge in [-0.3, -0.25) is 9.59 Å². The second-order valence-electron chi connectivity index (χ2n) is 18.8. The van der Waals surface area contributed by atoms with Crippen LogP contribution in [0.5, 0.6) is 0 Å². The maximum Gasteiger partial charge on any atom is 0.306 e. The van der Waals surface area contributed by atoms with E-state index in [4.69, 9.17) is 14.2 Å². The SMILES string of the molecule is CC/C=C\C/C=C\C/C=C\C/C=C\C/C=C\CCCCCC(=O)OCC(COCCCCCCCCCC/C=C\CCCCCCCC)OC(=O)CCCCCCC/C=C\C/C=C\CCCCC. The molecule has 0 saturated heterocycles. The van der Waals surface area contributed by atoms with E-state index in [1.54, 1.807) is 0 Å². The van der Waals surface area contributed by atoms with Gasteiger partial charge in [0.25, 0.3) is 0 Å². The van der Waals surface area contributed by atoms with Crippen molar-refractivity contribution in [2.75, 3.05) is 19.8 Å². The maximum absolute atomic E-state index is 12.9. The van der Waals surface area contributed by atoms with Crippen molar-refractivity contribution in [1.82, 2.24) is 0 Å². The molecule has 68 heavy (non-hydrogen) atoms. The van der Waals surface area contributed by atoms with Crippen LogP contribution in [0.15, 0.2) is 97.2 Å². The van der Waals surface area contributed by atoms with E-state index < -0.39 is 6.10 Å². The molecule has 0 aromatic rings. The van der Waals surface area contributed by atoms with E-state index in [0.29, 0.717) is 19.4 Å². The van der Waals surface area contributed by atoms with Gasteiger partial charge in [0, 0.05) is 19.4 Å². The van der Waals surface area contributed by atoms with Crippen LogP contribution in [0.3, 0.4) is 0 Å². The Labute approximate surface area is 422 Å². The first-order chi connectivity index (χ1) is 33.6. The molecule has 0 aliphatic heterocycles. The molecule has 0 amide bonds. The molecular weight excluding hydrogens is 837 g/mol. The molecule has 5 heteroatoms. The van der Waals surface area contributed by atoms with Crippen LogP contribution in [-0.2, 0) is 23.8 Å². The summed E-state index contributed by atoms with van der Waals surface area (Å²) in [5, 5.41) is 0. The van der Waals surface area contributed by atoms with Gasteiger partial charge in [-0.25, -0.2) is 0 Å². The fraction of sp³-hybridized carbons (Fsp3) is 0.714. The Morgan fingerprint density at radius 1 is 0.338 bits per heavy atom. The first-order valence-electron chi connectivity index (χ1n) is 28.8. The molecule has 0 aromatic carbocycles. The van der Waals surface area contributed by atoms with Gasteiger partial charge in [0.1, 0.15) is 6.61 Å². The van der Waals surface area contributed by atoms with Gasteiger partial charge in [-0.15, -0.1) is 0 Å². The lowest BCUT2D eigenvalue weighted by Gasteiger charge is -2.18. The summed E-state index contributed by atoms with van der Waals surface area (Å²) in [5.74, 6) is -0.450. The van der Waals surface area contributed by atoms with Crippen molar-refractivity contribution >= 4 is 11.9 Å². The molecule has 1 atom stereocenters. The van der Waals surface area contributed by atoms with Crippen molar-refractivity contribution in [3.8, 4) is 0 Å². The van der Waals surface area contributed by atoms with Crippen LogP contribution >= 0.6 is 0 Å². The van der Waals surface area contributed by atoms with Gasteiger partial charge in [0.05, 0.1) is 6.61 Å². The highest BCUT2D eigenvalue weighted by molar-refractivity contribution is 5.70. The average molecular weight is 946 g/mol. The summed E-state index contributed by atoms with van der Waals surface area (Å²) in [6, 6.07) is 0. The van der Waals surface area contributed by atoms with Crippen LogP contribution in [0.25, 0.3) is 0 Å². The molecule has 0 aromatic heterocycles. The summed E-state index contributed by atoms with van der Waals surface area (Å²) < 4.78 is 17.4. The number of hydrogen-bond acceptors (Lipinski definition) is 5. The third kappa shape index (κ3) is 55.4. The Bertz CT molecular complexity index is 1300. The maximum atomic E-state index is 12.9. The second-order valence-corrected chi connectivity index (χ2v) is 18.8. The monoisotopic (exact) mass is 945 g/mol. The first-order valence-corrected chi connectivity index (χ1v) is 28.8. The van der Waals surface area contributed by atoms with E-state index in [1.807, 2.05) is 0 Å². The largest absolute Gasteiger partial charge is 0.462 e. The number of ether oxygens (including phenoxy) is 3. The van der Waals surface area contributed by atoms with Crippen LogP contribution in [0.4, 0.5) is 0 Å². The molecule has 0 N–H and O–H groups in total. The zero-order chi connectivity index (χ0) is 49.2. The highest BCUT2D eigenvalue weighted by Crippen LogP contribution is 2.14. The van der Waals surface area contributed by atoms with Crippen molar-refractivity contribution in [2.24, 2.45) is 0 Å². The zero-order valence-corrected chi connectivity index (χ0v) is 44.8. The minimum Gasteiger partial charge on any atom is -0.462 e. The summed E-state index contributed by atoms with van der Waals surface area (Å²) >= 11 is 0. The molecule has 0 rings (SSSR count). The quantitative estimate of drug-likeness (QED) is 0.0345. The van der Waals surface area contributed by atoms with Gasteiger partial charge in [0.2, 0.25) is 0 Å². The smallest absolute Gasteiger partial charge is 0.306 e. The standard InChI is InChI=1S/C63H108O5/c1-4-7-10-13-16-19-22-25-28-30-32-33-36-38-41-44-47-50-53-56-62(64)67-60-61(68-63(65)57-54-51-48-45-42-39-35-27-24-21-18-15-12-9-6-3)59-66-58-55-52-49-46-43-40-37-34-31-29-26-23-20-17-14-11-8-5-2/h7,10,16,18-19,21,25-29,32-33,35,38,41,61H,4-6,8-9,11-15,17,20,22-24,30-31,34,36-37,39-40,42-60H2,1-3H3/b10-7-,19-16-,21-18-,28-25-,29-26-,33-32-,35-27-,41-38-. The Balaban J connectivity index is 4.36. The number of esters is 2. The third-order valence-corrected chi connectivity index (χ3v) is 12.1. The van der Waals surface area contributed by atoms with Gasteiger partial charge in [0.15, 0.2) is 6.10 Å². The molecule has 5 nitrogen and oxygen atoms in total. The number of allylic oxidation sites excluding steroid dienone is 16. The number of carbonyl (C=O) groups is 2. The minimum absolute atomic E-state index is 0.0572. The van der Waals surface area contributed by atoms with Crippen LogP contribution in [0.1, 0.15) is 265 Å². The van der Waals surface area contributed by atoms with Crippen molar-refractivity contribution < 1.29 is 23.8 Å². The van der Waals surface area contributed by atoms with E-state index in [0.717, 1.165) is 103 Å². The van der Waals surface area contributed by atoms with Gasteiger partial charge in [-0.05, 0) is 122 Å². The predicted molar refractivity (Wildman–Crippen MR) is 297 cm³/mol. The summed E-state index contributed by atoms with van der Waals surface area (Å²) in [6.07, 6.45) is 78.5. The molecule has 0 spiro atoms. The van der Waals surface area contributed by atoms with Crippen molar-refractivity contribution in [3.05, 3.63) is 97.2 Å². The lowest BCUT2D eigenvalue weighted by atomic mass is 10.1. The highest BCUT2D eigenvalue weighted by atomic mass is 16.6. The van der Waals surface area contributed by atoms with Crippen molar-refractivity contribution in [2.45, 2.75) is 271 Å². The van der Waals surface area contributed by atoms with Crippen molar-refractivity contribution in [3.63, 3.8) is 0 Å². The first kappa shape index (κ1) is 64.8. The highest BCUT2D eigenvalue weighted by Gasteiger charge is 2.17. The van der Waals surface area contributed by atoms with E-state index in [2.05, 4.69) is 118 Å². The zero-order valence-electron chi connectivity index (χ0n) is 44.8. The topological polar surface area (TPSA) is 61.8 Å². The number of hydrogen-bond donors (Lipinski definition) is 0. The Morgan fingerprint density at radius 2 is 0.662 bits per heavy atom. The van der Waals surface area contributed by atoms with Gasteiger partial charge >= 0.3 is 11.9 Å². The predicted octanol–water partition coefficient (Wildman–Crippen LogP) is 19.8. The van der Waals surface area contributed by atoms with Gasteiger partial charge < -0.3 is 14.2 Å². The van der Waals surface area contributed by atoms with Gasteiger partial charge in [-0.1, -0.05) is 227 Å². The lowest BCUT2D eigenvalue weighted by Crippen LogP contribution is -2.30. The van der Waals surface area contributed by atoms with Crippen LogP contribution < -0.4 is 0 Å². The van der Waals surface area contributed by atoms with E-state index in [9.17, 15) is 9.59 Å². The van der Waals surface area contributed by atoms with E-state index in [1.165, 1.54) is 128 Å². The summed E-state index contributed by atoms with van der Waals surface area (Å²) in [4.78, 5) is 25.5. The summed E-state index contributed by atoms with van der Waals surface area (Å²) in [5.41, 5.74) is 0. The molecule has 390 valence electrons. The van der Waals surface area contributed by atoms with Crippen LogP contribution in [0.2, 0.25) is 0 Å². The minimum atomic E-state index is -0.565. The van der Waals surface area contributed by atoms with E-state index >= 15 is 0 Å². The Morgan fingerprint density at radius 3 is 1.12 bits per heavy atom. The summed E-state index contributed by atoms with van der Waals surface area (Å²) in [6.45, 7) is 7.64. The second kappa shape index (κ2) is 58.1. The summed E-state index contributed by atoms with van der Waals surface area (Å²) in [7, 11) is 0. The number of carbonyl (C=O) groups excluding carboxylic acids is 2. The number of rotatable bonds is 52. The molecule has 0 fully saturated rings. The molecule has 0 radical (unpaired) electrons. The fourth-order valence-electron chi connectivity index (χ4n) is 7.80. The molecule has 0 bridgehead atoms. The Kier molecular flexibility index (Phi) is 55.4. The van der Waals surface area contributed by atoms with Crippen LogP contribution in [-0.4, -0.2) is 37.9 Å². The molecule has 1 unspecified atom stereocenters. The number of unbranched alkanes of at least 4 members (excludes halogenated alkanes) is 25. The third-order valence-electron chi connectivity index (χ3n) is 12.1. The van der Waals surface area contributed by atoms with Gasteiger partial charge in [-0.2, -0.15) is 0 Å². The fourth-order valence-corrected chi connectivity index (χ4v) is 7.80. The molecule has 0 saturated carbocycles. The average Bonchev–Trinajstić information content (AvgIpc) is 3.34. The van der Waals surface area contributed by atoms with Crippen LogP contribution in [0, 0.1) is 0 Å². The molecule has 0 aliphatic carbocycles. The van der Waals surface area contributed by atoms with Crippen molar-refractivity contribution in [1.29, 1.82) is 0 Å². The molecular formula is C63H108O5.